The molecule has 0 bridgehead atoms. The predicted molar refractivity (Wildman–Crippen MR) is 91.3 cm³/mol. The van der Waals surface area contributed by atoms with Crippen LogP contribution >= 0.6 is 0 Å². The number of amides is 2. The number of rotatable bonds is 7. The van der Waals surface area contributed by atoms with Gasteiger partial charge in [-0.3, -0.25) is 0 Å². The molecular weight excluding hydrogens is 292 g/mol. The minimum absolute atomic E-state index is 0.236. The van der Waals surface area contributed by atoms with Gasteiger partial charge >= 0.3 is 6.03 Å². The lowest BCUT2D eigenvalue weighted by molar-refractivity contribution is 0.247. The smallest absolute Gasteiger partial charge is 0.319 e. The summed E-state index contributed by atoms with van der Waals surface area (Å²) in [4.78, 5) is 11.9. The van der Waals surface area contributed by atoms with E-state index < -0.39 is 0 Å². The number of aryl methyl sites for hydroxylation is 1. The van der Waals surface area contributed by atoms with E-state index in [0.29, 0.717) is 18.9 Å². The van der Waals surface area contributed by atoms with E-state index in [-0.39, 0.29) is 6.03 Å². The third kappa shape index (κ3) is 5.21. The summed E-state index contributed by atoms with van der Waals surface area (Å²) in [6, 6.07) is 14.9. The summed E-state index contributed by atoms with van der Waals surface area (Å²) < 4.78 is 10.7. The molecule has 0 aliphatic heterocycles. The number of nitrogens with one attached hydrogen (secondary N) is 2. The van der Waals surface area contributed by atoms with Crippen molar-refractivity contribution in [2.75, 3.05) is 25.6 Å². The zero-order valence-corrected chi connectivity index (χ0v) is 13.5. The van der Waals surface area contributed by atoms with Crippen LogP contribution in [-0.4, -0.2) is 26.3 Å². The Bertz CT molecular complexity index is 644. The van der Waals surface area contributed by atoms with Gasteiger partial charge in [-0.15, -0.1) is 0 Å². The highest BCUT2D eigenvalue weighted by Gasteiger charge is 2.04. The number of benzene rings is 2. The Morgan fingerprint density at radius 1 is 1.09 bits per heavy atom. The molecule has 0 fully saturated rings. The molecule has 2 N–H and O–H groups in total. The monoisotopic (exact) mass is 314 g/mol. The van der Waals surface area contributed by atoms with Crippen molar-refractivity contribution in [3.05, 3.63) is 54.1 Å². The Hall–Kier alpha value is -2.69. The van der Waals surface area contributed by atoms with Crippen molar-refractivity contribution in [3.8, 4) is 11.5 Å². The molecule has 0 atom stereocenters. The van der Waals surface area contributed by atoms with Crippen LogP contribution in [0.25, 0.3) is 0 Å². The second kappa shape index (κ2) is 8.68. The Balaban J connectivity index is 1.74. The topological polar surface area (TPSA) is 59.6 Å². The third-order valence-electron chi connectivity index (χ3n) is 3.34. The minimum Gasteiger partial charge on any atom is -0.497 e. The first-order valence-electron chi connectivity index (χ1n) is 7.62. The van der Waals surface area contributed by atoms with Gasteiger partial charge in [-0.2, -0.15) is 0 Å². The van der Waals surface area contributed by atoms with Crippen molar-refractivity contribution in [1.29, 1.82) is 0 Å². The van der Waals surface area contributed by atoms with E-state index in [2.05, 4.69) is 17.6 Å². The van der Waals surface area contributed by atoms with Crippen LogP contribution in [-0.2, 0) is 6.42 Å². The number of urea groups is 1. The Morgan fingerprint density at radius 2 is 1.87 bits per heavy atom. The molecule has 0 saturated heterocycles. The molecule has 2 aromatic rings. The maximum Gasteiger partial charge on any atom is 0.319 e. The first-order chi connectivity index (χ1) is 11.2. The van der Waals surface area contributed by atoms with Gasteiger partial charge in [0.2, 0.25) is 0 Å². The molecule has 0 heterocycles. The van der Waals surface area contributed by atoms with Gasteiger partial charge < -0.3 is 20.1 Å². The molecule has 0 spiro atoms. The van der Waals surface area contributed by atoms with Crippen molar-refractivity contribution in [2.45, 2.75) is 13.3 Å². The zero-order chi connectivity index (χ0) is 16.5. The van der Waals surface area contributed by atoms with E-state index >= 15 is 0 Å². The highest BCUT2D eigenvalue weighted by molar-refractivity contribution is 5.90. The van der Waals surface area contributed by atoms with Crippen molar-refractivity contribution in [2.24, 2.45) is 0 Å². The SMILES string of the molecule is CCc1ccccc1NC(=O)NCCOc1cccc(OC)c1. The molecule has 2 amide bonds. The van der Waals surface area contributed by atoms with Crippen LogP contribution in [0.4, 0.5) is 10.5 Å². The van der Waals surface area contributed by atoms with Gasteiger partial charge in [-0.05, 0) is 30.2 Å². The number of para-hydroxylation sites is 1. The van der Waals surface area contributed by atoms with Crippen molar-refractivity contribution in [3.63, 3.8) is 0 Å². The lowest BCUT2D eigenvalue weighted by atomic mass is 10.1. The van der Waals surface area contributed by atoms with E-state index in [1.54, 1.807) is 13.2 Å². The fourth-order valence-corrected chi connectivity index (χ4v) is 2.14. The average molecular weight is 314 g/mol. The molecule has 0 aliphatic rings. The van der Waals surface area contributed by atoms with E-state index in [1.165, 1.54) is 0 Å². The van der Waals surface area contributed by atoms with Crippen LogP contribution in [0.5, 0.6) is 11.5 Å². The summed E-state index contributed by atoms with van der Waals surface area (Å²) in [6.45, 7) is 2.85. The summed E-state index contributed by atoms with van der Waals surface area (Å²) in [5.74, 6) is 1.45. The number of hydrogen-bond acceptors (Lipinski definition) is 3. The molecule has 122 valence electrons. The van der Waals surface area contributed by atoms with Crippen LogP contribution in [0.1, 0.15) is 12.5 Å². The van der Waals surface area contributed by atoms with Crippen molar-refractivity contribution >= 4 is 11.7 Å². The summed E-state index contributed by atoms with van der Waals surface area (Å²) >= 11 is 0. The maximum atomic E-state index is 11.9. The van der Waals surface area contributed by atoms with Crippen LogP contribution in [0.2, 0.25) is 0 Å². The third-order valence-corrected chi connectivity index (χ3v) is 3.34. The number of carbonyl (C=O) groups is 1. The van der Waals surface area contributed by atoms with E-state index in [9.17, 15) is 4.79 Å². The van der Waals surface area contributed by atoms with Gasteiger partial charge in [0.05, 0.1) is 13.7 Å². The van der Waals surface area contributed by atoms with Gasteiger partial charge in [0.15, 0.2) is 0 Å². The molecule has 2 aromatic carbocycles. The largest absolute Gasteiger partial charge is 0.497 e. The highest BCUT2D eigenvalue weighted by Crippen LogP contribution is 2.18. The molecule has 0 aliphatic carbocycles. The molecule has 0 aromatic heterocycles. The van der Waals surface area contributed by atoms with Crippen molar-refractivity contribution < 1.29 is 14.3 Å². The molecule has 5 heteroatoms. The molecule has 5 nitrogen and oxygen atoms in total. The molecule has 2 rings (SSSR count). The Morgan fingerprint density at radius 3 is 2.65 bits per heavy atom. The number of methoxy groups -OCH3 is 1. The van der Waals surface area contributed by atoms with Gasteiger partial charge in [-0.25, -0.2) is 4.79 Å². The van der Waals surface area contributed by atoms with Gasteiger partial charge in [0.25, 0.3) is 0 Å². The molecule has 23 heavy (non-hydrogen) atoms. The molecule has 0 saturated carbocycles. The summed E-state index contributed by atoms with van der Waals surface area (Å²) in [7, 11) is 1.61. The number of ether oxygens (including phenoxy) is 2. The van der Waals surface area contributed by atoms with E-state index in [1.807, 2.05) is 42.5 Å². The summed E-state index contributed by atoms with van der Waals surface area (Å²) in [5.41, 5.74) is 1.94. The second-order valence-corrected chi connectivity index (χ2v) is 4.92. The van der Waals surface area contributed by atoms with E-state index in [0.717, 1.165) is 23.4 Å². The van der Waals surface area contributed by atoms with E-state index in [4.69, 9.17) is 9.47 Å². The quantitative estimate of drug-likeness (QED) is 0.770. The molecular formula is C18H22N2O3. The standard InChI is InChI=1S/C18H22N2O3/c1-3-14-7-4-5-10-17(14)20-18(21)19-11-12-23-16-9-6-8-15(13-16)22-2/h4-10,13H,3,11-12H2,1-2H3,(H2,19,20,21). The summed E-state index contributed by atoms with van der Waals surface area (Å²) in [6.07, 6.45) is 0.870. The molecule has 0 unspecified atom stereocenters. The van der Waals surface area contributed by atoms with Gasteiger partial charge in [-0.1, -0.05) is 31.2 Å². The van der Waals surface area contributed by atoms with Crippen molar-refractivity contribution in [1.82, 2.24) is 5.32 Å². The fourth-order valence-electron chi connectivity index (χ4n) is 2.14. The normalized spacial score (nSPS) is 10.0. The Kier molecular flexibility index (Phi) is 6.29. The van der Waals surface area contributed by atoms with Gasteiger partial charge in [0, 0.05) is 11.8 Å². The van der Waals surface area contributed by atoms with Gasteiger partial charge in [0.1, 0.15) is 18.1 Å². The number of carbonyl (C=O) groups excluding carboxylic acids is 1. The zero-order valence-electron chi connectivity index (χ0n) is 13.5. The Labute approximate surface area is 136 Å². The lowest BCUT2D eigenvalue weighted by Crippen LogP contribution is -2.32. The molecule has 0 radical (unpaired) electrons. The fraction of sp³-hybridized carbons (Fsp3) is 0.278. The highest BCUT2D eigenvalue weighted by atomic mass is 16.5. The lowest BCUT2D eigenvalue weighted by Gasteiger charge is -2.11. The second-order valence-electron chi connectivity index (χ2n) is 4.92. The first kappa shape index (κ1) is 16.7. The average Bonchev–Trinajstić information content (AvgIpc) is 2.59. The minimum atomic E-state index is -0.236. The maximum absolute atomic E-state index is 11.9. The van der Waals surface area contributed by atoms with Crippen LogP contribution < -0.4 is 20.1 Å². The predicted octanol–water partition coefficient (Wildman–Crippen LogP) is 3.46. The van der Waals surface area contributed by atoms with Crippen LogP contribution in [0, 0.1) is 0 Å². The van der Waals surface area contributed by atoms with Crippen LogP contribution in [0.3, 0.4) is 0 Å². The number of hydrogen-bond donors (Lipinski definition) is 2. The first-order valence-corrected chi connectivity index (χ1v) is 7.62. The number of anilines is 1. The van der Waals surface area contributed by atoms with Crippen LogP contribution in [0.15, 0.2) is 48.5 Å². The summed E-state index contributed by atoms with van der Waals surface area (Å²) in [5, 5.41) is 5.63.